The van der Waals surface area contributed by atoms with Crippen LogP contribution < -0.4 is 5.32 Å². The fraction of sp³-hybridized carbons (Fsp3) is 0.450. The predicted molar refractivity (Wildman–Crippen MR) is 100 cm³/mol. The highest BCUT2D eigenvalue weighted by Gasteiger charge is 2.24. The molecule has 1 N–H and O–H groups in total. The van der Waals surface area contributed by atoms with Crippen LogP contribution in [0.4, 0.5) is 0 Å². The minimum absolute atomic E-state index is 0.0632. The summed E-state index contributed by atoms with van der Waals surface area (Å²) in [6.45, 7) is 8.68. The van der Waals surface area contributed by atoms with Gasteiger partial charge in [-0.1, -0.05) is 0 Å². The molecule has 0 aromatic carbocycles. The number of hydrogen-bond acceptors (Lipinski definition) is 4. The van der Waals surface area contributed by atoms with E-state index >= 15 is 0 Å². The van der Waals surface area contributed by atoms with E-state index in [1.807, 2.05) is 30.7 Å². The van der Waals surface area contributed by atoms with Crippen molar-refractivity contribution in [3.05, 3.63) is 35.4 Å². The van der Waals surface area contributed by atoms with Crippen LogP contribution in [0.2, 0.25) is 0 Å². The van der Waals surface area contributed by atoms with E-state index < -0.39 is 0 Å². The van der Waals surface area contributed by atoms with Crippen LogP contribution in [-0.2, 0) is 0 Å². The minimum Gasteiger partial charge on any atom is -0.466 e. The Morgan fingerprint density at radius 2 is 2.12 bits per heavy atom. The molecule has 3 aromatic rings. The first-order valence-corrected chi connectivity index (χ1v) is 9.18. The van der Waals surface area contributed by atoms with Gasteiger partial charge in [0.15, 0.2) is 5.65 Å². The lowest BCUT2D eigenvalue weighted by atomic mass is 10.1. The number of aryl methyl sites for hydroxylation is 2. The topological polar surface area (TPSA) is 73.0 Å². The van der Waals surface area contributed by atoms with Crippen molar-refractivity contribution >= 4 is 16.9 Å². The second kappa shape index (κ2) is 6.27. The summed E-state index contributed by atoms with van der Waals surface area (Å²) < 4.78 is 7.52. The average Bonchev–Trinajstić information content (AvgIpc) is 3.22. The van der Waals surface area contributed by atoms with E-state index in [4.69, 9.17) is 9.40 Å². The molecule has 136 valence electrons. The zero-order valence-corrected chi connectivity index (χ0v) is 15.7. The summed E-state index contributed by atoms with van der Waals surface area (Å²) in [7, 11) is 0. The molecule has 3 heterocycles. The second-order valence-electron chi connectivity index (χ2n) is 7.46. The van der Waals surface area contributed by atoms with Gasteiger partial charge in [-0.3, -0.25) is 4.79 Å². The molecule has 1 saturated carbocycles. The van der Waals surface area contributed by atoms with Crippen molar-refractivity contribution in [2.45, 2.75) is 46.6 Å². The molecule has 3 aromatic heterocycles. The van der Waals surface area contributed by atoms with Crippen molar-refractivity contribution in [1.82, 2.24) is 20.1 Å². The van der Waals surface area contributed by atoms with Crippen molar-refractivity contribution in [3.8, 4) is 11.3 Å². The number of amides is 1. The van der Waals surface area contributed by atoms with Gasteiger partial charge in [0.1, 0.15) is 11.5 Å². The molecule has 0 bridgehead atoms. The van der Waals surface area contributed by atoms with Crippen LogP contribution in [0.25, 0.3) is 22.3 Å². The standard InChI is InChI=1S/C20H24N4O2/c1-11(2)24-19-17(10-22-24)16(20(25)21-9-14-5-6-14)8-18(23-19)15-7-12(3)26-13(15)4/h7-8,10-11,14H,5-6,9H2,1-4H3,(H,21,25). The van der Waals surface area contributed by atoms with Gasteiger partial charge in [0.2, 0.25) is 0 Å². The molecule has 1 amide bonds. The average molecular weight is 352 g/mol. The normalized spacial score (nSPS) is 14.3. The van der Waals surface area contributed by atoms with Crippen LogP contribution in [0.3, 0.4) is 0 Å². The number of carbonyl (C=O) groups excluding carboxylic acids is 1. The second-order valence-corrected chi connectivity index (χ2v) is 7.46. The Hall–Kier alpha value is -2.63. The van der Waals surface area contributed by atoms with E-state index in [0.29, 0.717) is 11.5 Å². The Kier molecular flexibility index (Phi) is 4.05. The first-order chi connectivity index (χ1) is 12.4. The molecule has 0 saturated heterocycles. The maximum atomic E-state index is 12.8. The Morgan fingerprint density at radius 3 is 2.73 bits per heavy atom. The van der Waals surface area contributed by atoms with Gasteiger partial charge in [0, 0.05) is 18.2 Å². The van der Waals surface area contributed by atoms with E-state index in [1.165, 1.54) is 12.8 Å². The zero-order chi connectivity index (χ0) is 18.4. The number of nitrogens with zero attached hydrogens (tertiary/aromatic N) is 3. The Labute approximate surface area is 152 Å². The van der Waals surface area contributed by atoms with Gasteiger partial charge >= 0.3 is 0 Å². The molecule has 4 rings (SSSR count). The van der Waals surface area contributed by atoms with Gasteiger partial charge in [0.05, 0.1) is 22.8 Å². The smallest absolute Gasteiger partial charge is 0.252 e. The van der Waals surface area contributed by atoms with E-state index in [1.54, 1.807) is 6.20 Å². The fourth-order valence-electron chi connectivity index (χ4n) is 3.26. The summed E-state index contributed by atoms with van der Waals surface area (Å²) >= 11 is 0. The number of aromatic nitrogens is 3. The van der Waals surface area contributed by atoms with Crippen molar-refractivity contribution < 1.29 is 9.21 Å². The van der Waals surface area contributed by atoms with Gasteiger partial charge in [0.25, 0.3) is 5.91 Å². The maximum absolute atomic E-state index is 12.8. The predicted octanol–water partition coefficient (Wildman–Crippen LogP) is 4.03. The summed E-state index contributed by atoms with van der Waals surface area (Å²) in [4.78, 5) is 17.7. The Bertz CT molecular complexity index is 979. The summed E-state index contributed by atoms with van der Waals surface area (Å²) in [5.41, 5.74) is 3.01. The van der Waals surface area contributed by atoms with Crippen molar-refractivity contribution in [3.63, 3.8) is 0 Å². The molecule has 0 unspecified atom stereocenters. The van der Waals surface area contributed by atoms with Gasteiger partial charge in [-0.05, 0) is 58.6 Å². The first-order valence-electron chi connectivity index (χ1n) is 9.18. The largest absolute Gasteiger partial charge is 0.466 e. The van der Waals surface area contributed by atoms with Crippen molar-refractivity contribution in [1.29, 1.82) is 0 Å². The SMILES string of the molecule is Cc1cc(-c2cc(C(=O)NCC3CC3)c3cnn(C(C)C)c3n2)c(C)o1. The molecule has 1 fully saturated rings. The zero-order valence-electron chi connectivity index (χ0n) is 15.7. The summed E-state index contributed by atoms with van der Waals surface area (Å²) in [5.74, 6) is 2.20. The van der Waals surface area contributed by atoms with Crippen molar-refractivity contribution in [2.24, 2.45) is 5.92 Å². The molecular formula is C20H24N4O2. The lowest BCUT2D eigenvalue weighted by Crippen LogP contribution is -2.25. The van der Waals surface area contributed by atoms with E-state index in [-0.39, 0.29) is 11.9 Å². The molecular weight excluding hydrogens is 328 g/mol. The number of nitrogens with one attached hydrogen (secondary N) is 1. The molecule has 0 radical (unpaired) electrons. The molecule has 1 aliphatic carbocycles. The van der Waals surface area contributed by atoms with Gasteiger partial charge in [-0.2, -0.15) is 5.10 Å². The first kappa shape index (κ1) is 16.8. The minimum atomic E-state index is -0.0632. The highest BCUT2D eigenvalue weighted by Crippen LogP contribution is 2.31. The van der Waals surface area contributed by atoms with Crippen LogP contribution in [0.15, 0.2) is 22.7 Å². The fourth-order valence-corrected chi connectivity index (χ4v) is 3.26. The van der Waals surface area contributed by atoms with Crippen LogP contribution in [-0.4, -0.2) is 27.2 Å². The monoisotopic (exact) mass is 352 g/mol. The molecule has 6 nitrogen and oxygen atoms in total. The van der Waals surface area contributed by atoms with Gasteiger partial charge < -0.3 is 9.73 Å². The number of fused-ring (bicyclic) bond motifs is 1. The van der Waals surface area contributed by atoms with Crippen molar-refractivity contribution in [2.75, 3.05) is 6.54 Å². The maximum Gasteiger partial charge on any atom is 0.252 e. The van der Waals surface area contributed by atoms with E-state index in [0.717, 1.165) is 40.4 Å². The van der Waals surface area contributed by atoms with Crippen LogP contribution in [0, 0.1) is 19.8 Å². The highest BCUT2D eigenvalue weighted by molar-refractivity contribution is 6.06. The molecule has 6 heteroatoms. The summed E-state index contributed by atoms with van der Waals surface area (Å²) in [6.07, 6.45) is 4.15. The number of hydrogen-bond donors (Lipinski definition) is 1. The van der Waals surface area contributed by atoms with E-state index in [9.17, 15) is 4.79 Å². The molecule has 0 atom stereocenters. The molecule has 0 spiro atoms. The highest BCUT2D eigenvalue weighted by atomic mass is 16.3. The molecule has 1 aliphatic rings. The Morgan fingerprint density at radius 1 is 1.35 bits per heavy atom. The lowest BCUT2D eigenvalue weighted by molar-refractivity contribution is 0.0953. The molecule has 0 aliphatic heterocycles. The van der Waals surface area contributed by atoms with E-state index in [2.05, 4.69) is 24.3 Å². The third-order valence-corrected chi connectivity index (χ3v) is 4.87. The number of furan rings is 1. The molecule has 26 heavy (non-hydrogen) atoms. The van der Waals surface area contributed by atoms with Gasteiger partial charge in [-0.15, -0.1) is 0 Å². The third-order valence-electron chi connectivity index (χ3n) is 4.87. The lowest BCUT2D eigenvalue weighted by Gasteiger charge is -2.10. The van der Waals surface area contributed by atoms with Crippen LogP contribution in [0.5, 0.6) is 0 Å². The van der Waals surface area contributed by atoms with Crippen LogP contribution >= 0.6 is 0 Å². The quantitative estimate of drug-likeness (QED) is 0.752. The number of rotatable bonds is 5. The van der Waals surface area contributed by atoms with Crippen LogP contribution in [0.1, 0.15) is 54.6 Å². The summed E-state index contributed by atoms with van der Waals surface area (Å²) in [5, 5.41) is 8.31. The summed E-state index contributed by atoms with van der Waals surface area (Å²) in [6, 6.07) is 3.98. The number of carbonyl (C=O) groups is 1. The third kappa shape index (κ3) is 3.00. The number of pyridine rings is 1. The Balaban J connectivity index is 1.85. The van der Waals surface area contributed by atoms with Gasteiger partial charge in [-0.25, -0.2) is 9.67 Å².